The van der Waals surface area contributed by atoms with Gasteiger partial charge in [0.1, 0.15) is 18.5 Å². The lowest BCUT2D eigenvalue weighted by atomic mass is 10.1. The summed E-state index contributed by atoms with van der Waals surface area (Å²) in [4.78, 5) is 7.62. The summed E-state index contributed by atoms with van der Waals surface area (Å²) >= 11 is 12.8. The average molecular weight is 420 g/mol. The second kappa shape index (κ2) is 8.40. The van der Waals surface area contributed by atoms with Gasteiger partial charge >= 0.3 is 0 Å². The summed E-state index contributed by atoms with van der Waals surface area (Å²) < 4.78 is 5.80. The van der Waals surface area contributed by atoms with Gasteiger partial charge in [0.2, 0.25) is 0 Å². The van der Waals surface area contributed by atoms with Gasteiger partial charge in [0.25, 0.3) is 0 Å². The Hall–Kier alpha value is -3.26. The van der Waals surface area contributed by atoms with Crippen molar-refractivity contribution in [3.8, 4) is 11.8 Å². The van der Waals surface area contributed by atoms with E-state index < -0.39 is 0 Å². The van der Waals surface area contributed by atoms with Crippen LogP contribution in [0.5, 0.6) is 5.75 Å². The minimum Gasteiger partial charge on any atom is -0.486 e. The number of nitrogens with zero attached hydrogens (tertiary/aromatic N) is 2. The number of halogens is 2. The third-order valence-corrected chi connectivity index (χ3v) is 4.88. The number of rotatable bonds is 5. The number of imidazole rings is 1. The highest BCUT2D eigenvalue weighted by atomic mass is 35.5. The van der Waals surface area contributed by atoms with Crippen molar-refractivity contribution >= 4 is 45.9 Å². The molecule has 4 aromatic rings. The summed E-state index contributed by atoms with van der Waals surface area (Å²) in [5, 5.41) is 10.4. The van der Waals surface area contributed by atoms with Crippen molar-refractivity contribution in [2.24, 2.45) is 0 Å². The molecule has 0 aliphatic carbocycles. The van der Waals surface area contributed by atoms with Gasteiger partial charge in [0.15, 0.2) is 5.75 Å². The summed E-state index contributed by atoms with van der Waals surface area (Å²) in [7, 11) is 0. The van der Waals surface area contributed by atoms with Crippen LogP contribution in [0.1, 0.15) is 17.0 Å². The van der Waals surface area contributed by atoms with Crippen LogP contribution in [0.3, 0.4) is 0 Å². The number of benzene rings is 3. The molecule has 4 rings (SSSR count). The van der Waals surface area contributed by atoms with Gasteiger partial charge in [-0.3, -0.25) is 0 Å². The average Bonchev–Trinajstić information content (AvgIpc) is 3.16. The van der Waals surface area contributed by atoms with E-state index in [4.69, 9.17) is 27.9 Å². The van der Waals surface area contributed by atoms with Crippen LogP contribution in [0.15, 0.2) is 66.7 Å². The van der Waals surface area contributed by atoms with Gasteiger partial charge in [0.05, 0.1) is 26.7 Å². The lowest BCUT2D eigenvalue weighted by Gasteiger charge is -2.11. The molecule has 0 aliphatic rings. The van der Waals surface area contributed by atoms with Gasteiger partial charge in [-0.05, 0) is 41.5 Å². The molecule has 1 aromatic heterocycles. The van der Waals surface area contributed by atoms with Crippen LogP contribution >= 0.6 is 23.2 Å². The van der Waals surface area contributed by atoms with Crippen LogP contribution in [-0.4, -0.2) is 9.97 Å². The number of aromatic nitrogens is 2. The Bertz CT molecular complexity index is 1180. The predicted molar refractivity (Wildman–Crippen MR) is 117 cm³/mol. The maximum absolute atomic E-state index is 9.60. The fourth-order valence-electron chi connectivity index (χ4n) is 2.93. The van der Waals surface area contributed by atoms with Gasteiger partial charge in [-0.1, -0.05) is 65.7 Å². The van der Waals surface area contributed by atoms with Crippen LogP contribution < -0.4 is 4.74 Å². The molecule has 0 fully saturated rings. The summed E-state index contributed by atoms with van der Waals surface area (Å²) in [5.41, 5.74) is 3.74. The Labute approximate surface area is 178 Å². The molecule has 0 amide bonds. The third-order valence-electron chi connectivity index (χ3n) is 4.32. The topological polar surface area (TPSA) is 61.7 Å². The number of hydrogen-bond acceptors (Lipinski definition) is 3. The highest BCUT2D eigenvalue weighted by Crippen LogP contribution is 2.36. The molecule has 1 heterocycles. The van der Waals surface area contributed by atoms with Crippen LogP contribution in [-0.2, 0) is 6.61 Å². The highest BCUT2D eigenvalue weighted by Gasteiger charge is 2.12. The molecule has 0 saturated carbocycles. The minimum absolute atomic E-state index is 0.359. The fourth-order valence-corrected chi connectivity index (χ4v) is 3.54. The zero-order valence-electron chi connectivity index (χ0n) is 15.2. The first-order chi connectivity index (χ1) is 14.1. The largest absolute Gasteiger partial charge is 0.486 e. The molecular weight excluding hydrogens is 405 g/mol. The maximum Gasteiger partial charge on any atom is 0.157 e. The van der Waals surface area contributed by atoms with E-state index in [1.807, 2.05) is 54.6 Å². The molecule has 0 atom stereocenters. The Kier molecular flexibility index (Phi) is 5.53. The van der Waals surface area contributed by atoms with Gasteiger partial charge in [-0.15, -0.1) is 0 Å². The molecule has 0 bridgehead atoms. The predicted octanol–water partition coefficient (Wildman–Crippen LogP) is 6.51. The van der Waals surface area contributed by atoms with Crippen molar-refractivity contribution in [2.45, 2.75) is 6.61 Å². The van der Waals surface area contributed by atoms with Gasteiger partial charge in [-0.25, -0.2) is 4.98 Å². The number of para-hydroxylation sites is 2. The normalized spacial score (nSPS) is 11.4. The molecule has 0 unspecified atom stereocenters. The van der Waals surface area contributed by atoms with Crippen molar-refractivity contribution < 1.29 is 4.74 Å². The van der Waals surface area contributed by atoms with E-state index in [1.54, 1.807) is 18.2 Å². The first kappa shape index (κ1) is 19.1. The fraction of sp³-hybridized carbons (Fsp3) is 0.0435. The van der Waals surface area contributed by atoms with Crippen molar-refractivity contribution in [2.75, 3.05) is 0 Å². The first-order valence-corrected chi connectivity index (χ1v) is 9.62. The lowest BCUT2D eigenvalue weighted by Crippen LogP contribution is -1.97. The van der Waals surface area contributed by atoms with Crippen molar-refractivity contribution in [1.29, 1.82) is 5.26 Å². The number of H-pyrrole nitrogens is 1. The lowest BCUT2D eigenvalue weighted by molar-refractivity contribution is 0.306. The van der Waals surface area contributed by atoms with Crippen LogP contribution in [0.2, 0.25) is 10.0 Å². The number of aromatic amines is 1. The molecule has 0 saturated heterocycles. The first-order valence-electron chi connectivity index (χ1n) is 8.87. The quantitative estimate of drug-likeness (QED) is 0.374. The van der Waals surface area contributed by atoms with Crippen LogP contribution in [0.25, 0.3) is 22.7 Å². The molecule has 6 heteroatoms. The molecular formula is C23H15Cl2N3O. The molecule has 142 valence electrons. The van der Waals surface area contributed by atoms with Crippen LogP contribution in [0, 0.1) is 11.3 Å². The van der Waals surface area contributed by atoms with E-state index in [0.29, 0.717) is 39.4 Å². The summed E-state index contributed by atoms with van der Waals surface area (Å²) in [6, 6.07) is 23.0. The molecule has 4 nitrogen and oxygen atoms in total. The van der Waals surface area contributed by atoms with E-state index in [0.717, 1.165) is 16.6 Å². The summed E-state index contributed by atoms with van der Waals surface area (Å²) in [6.45, 7) is 0.359. The number of hydrogen-bond donors (Lipinski definition) is 1. The SMILES string of the molecule is N#C/C(=C\c1cc(Cl)c(OCc2ccccc2)c(Cl)c1)c1nc2ccccc2[nH]1. The number of fused-ring (bicyclic) bond motifs is 1. The third kappa shape index (κ3) is 4.27. The van der Waals surface area contributed by atoms with E-state index in [1.165, 1.54) is 0 Å². The Morgan fingerprint density at radius 3 is 2.41 bits per heavy atom. The van der Waals surface area contributed by atoms with Crippen LogP contribution in [0.4, 0.5) is 0 Å². The second-order valence-electron chi connectivity index (χ2n) is 6.36. The zero-order chi connectivity index (χ0) is 20.2. The second-order valence-corrected chi connectivity index (χ2v) is 7.17. The monoisotopic (exact) mass is 419 g/mol. The van der Waals surface area contributed by atoms with Crippen molar-refractivity contribution in [3.63, 3.8) is 0 Å². The Morgan fingerprint density at radius 1 is 1.03 bits per heavy atom. The summed E-state index contributed by atoms with van der Waals surface area (Å²) in [5.74, 6) is 0.905. The Morgan fingerprint density at radius 2 is 1.72 bits per heavy atom. The van der Waals surface area contributed by atoms with Gasteiger partial charge < -0.3 is 9.72 Å². The number of nitrogens with one attached hydrogen (secondary N) is 1. The van der Waals surface area contributed by atoms with Gasteiger partial charge in [-0.2, -0.15) is 5.26 Å². The molecule has 0 spiro atoms. The molecule has 29 heavy (non-hydrogen) atoms. The number of allylic oxidation sites excluding steroid dienone is 1. The molecule has 0 radical (unpaired) electrons. The van der Waals surface area contributed by atoms with E-state index in [9.17, 15) is 5.26 Å². The molecule has 0 aliphatic heterocycles. The maximum atomic E-state index is 9.60. The Balaban J connectivity index is 1.61. The zero-order valence-corrected chi connectivity index (χ0v) is 16.7. The number of ether oxygens (including phenoxy) is 1. The number of nitriles is 1. The summed E-state index contributed by atoms with van der Waals surface area (Å²) in [6.07, 6.45) is 1.69. The smallest absolute Gasteiger partial charge is 0.157 e. The minimum atomic E-state index is 0.359. The van der Waals surface area contributed by atoms with E-state index >= 15 is 0 Å². The van der Waals surface area contributed by atoms with Crippen molar-refractivity contribution in [3.05, 3.63) is 93.7 Å². The van der Waals surface area contributed by atoms with Crippen molar-refractivity contribution in [1.82, 2.24) is 9.97 Å². The molecule has 1 N–H and O–H groups in total. The molecule has 3 aromatic carbocycles. The standard InChI is InChI=1S/C23H15Cl2N3O/c24-18-11-16(12-19(25)22(18)29-14-15-6-2-1-3-7-15)10-17(13-26)23-27-20-8-4-5-9-21(20)28-23/h1-12H,14H2,(H,27,28)/b17-10+. The van der Waals surface area contributed by atoms with E-state index in [-0.39, 0.29) is 0 Å². The highest BCUT2D eigenvalue weighted by molar-refractivity contribution is 6.37. The van der Waals surface area contributed by atoms with Gasteiger partial charge in [0, 0.05) is 0 Å². The van der Waals surface area contributed by atoms with E-state index in [2.05, 4.69) is 16.0 Å².